The van der Waals surface area contributed by atoms with Gasteiger partial charge in [0, 0.05) is 5.69 Å². The minimum atomic E-state index is 0.779. The number of hydrogen-bond donors (Lipinski definition) is 1. The largest absolute Gasteiger partial charge is 0.346 e. The van der Waals surface area contributed by atoms with E-state index in [1.54, 1.807) is 0 Å². The van der Waals surface area contributed by atoms with Crippen molar-refractivity contribution in [2.75, 3.05) is 0 Å². The molecule has 1 heterocycles. The molecule has 2 aromatic rings. The molecule has 0 aliphatic heterocycles. The first-order valence-electron chi connectivity index (χ1n) is 6.12. The SMILES string of the molecule is S=c1cccc(-c2cccc(C3CCC3)c2)[nH]1. The quantitative estimate of drug-likeness (QED) is 0.755. The maximum absolute atomic E-state index is 5.16. The summed E-state index contributed by atoms with van der Waals surface area (Å²) in [5.74, 6) is 0.779. The molecule has 17 heavy (non-hydrogen) atoms. The van der Waals surface area contributed by atoms with Gasteiger partial charge in [-0.25, -0.2) is 0 Å². The molecular formula is C15H15NS. The lowest BCUT2D eigenvalue weighted by Gasteiger charge is -2.26. The van der Waals surface area contributed by atoms with Crippen molar-refractivity contribution in [2.24, 2.45) is 0 Å². The number of nitrogens with one attached hydrogen (secondary N) is 1. The van der Waals surface area contributed by atoms with Gasteiger partial charge in [-0.2, -0.15) is 0 Å². The zero-order valence-electron chi connectivity index (χ0n) is 9.65. The molecule has 86 valence electrons. The number of H-pyrrole nitrogens is 1. The highest BCUT2D eigenvalue weighted by molar-refractivity contribution is 7.71. The maximum Gasteiger partial charge on any atom is 0.103 e. The first-order chi connectivity index (χ1) is 8.33. The van der Waals surface area contributed by atoms with Gasteiger partial charge in [-0.15, -0.1) is 0 Å². The van der Waals surface area contributed by atoms with E-state index >= 15 is 0 Å². The first kappa shape index (κ1) is 10.7. The zero-order valence-corrected chi connectivity index (χ0v) is 10.5. The van der Waals surface area contributed by atoms with Gasteiger partial charge in [0.25, 0.3) is 0 Å². The van der Waals surface area contributed by atoms with Crippen molar-refractivity contribution in [3.63, 3.8) is 0 Å². The molecule has 1 aromatic heterocycles. The minimum Gasteiger partial charge on any atom is -0.346 e. The summed E-state index contributed by atoms with van der Waals surface area (Å²) >= 11 is 5.16. The van der Waals surface area contributed by atoms with Crippen molar-refractivity contribution in [1.29, 1.82) is 0 Å². The average molecular weight is 241 g/mol. The topological polar surface area (TPSA) is 15.8 Å². The third kappa shape index (κ3) is 2.18. The van der Waals surface area contributed by atoms with Gasteiger partial charge in [-0.3, -0.25) is 0 Å². The highest BCUT2D eigenvalue weighted by atomic mass is 32.1. The molecule has 1 nitrogen and oxygen atoms in total. The summed E-state index contributed by atoms with van der Waals surface area (Å²) in [4.78, 5) is 3.24. The second-order valence-corrected chi connectivity index (χ2v) is 5.12. The number of pyridine rings is 1. The van der Waals surface area contributed by atoms with Gasteiger partial charge >= 0.3 is 0 Å². The summed E-state index contributed by atoms with van der Waals surface area (Å²) in [5.41, 5.74) is 3.82. The molecule has 1 saturated carbocycles. The fourth-order valence-electron chi connectivity index (χ4n) is 2.32. The van der Waals surface area contributed by atoms with Crippen LogP contribution in [0.25, 0.3) is 11.3 Å². The van der Waals surface area contributed by atoms with Gasteiger partial charge in [0.1, 0.15) is 4.64 Å². The second kappa shape index (κ2) is 4.46. The highest BCUT2D eigenvalue weighted by Gasteiger charge is 2.19. The standard InChI is InChI=1S/C15H15NS/c17-15-9-3-8-14(16-15)13-7-2-6-12(10-13)11-4-1-5-11/h2-3,6-11H,1,4-5H2,(H,16,17). The van der Waals surface area contributed by atoms with E-state index < -0.39 is 0 Å². The van der Waals surface area contributed by atoms with Crippen LogP contribution < -0.4 is 0 Å². The van der Waals surface area contributed by atoms with E-state index in [9.17, 15) is 0 Å². The van der Waals surface area contributed by atoms with Crippen LogP contribution in [0.3, 0.4) is 0 Å². The Morgan fingerprint density at radius 1 is 1.06 bits per heavy atom. The van der Waals surface area contributed by atoms with Crippen LogP contribution in [0.2, 0.25) is 0 Å². The van der Waals surface area contributed by atoms with Crippen molar-refractivity contribution in [2.45, 2.75) is 25.2 Å². The summed E-state index contributed by atoms with van der Waals surface area (Å²) in [6.07, 6.45) is 4.06. The van der Waals surface area contributed by atoms with E-state index in [4.69, 9.17) is 12.2 Å². The number of aromatic amines is 1. The highest BCUT2D eigenvalue weighted by Crippen LogP contribution is 2.37. The normalized spacial score (nSPS) is 15.5. The summed E-state index contributed by atoms with van der Waals surface area (Å²) in [6.45, 7) is 0. The number of rotatable bonds is 2. The number of hydrogen-bond acceptors (Lipinski definition) is 1. The van der Waals surface area contributed by atoms with Crippen LogP contribution in [-0.4, -0.2) is 4.98 Å². The Bertz CT molecular complexity index is 581. The molecule has 3 rings (SSSR count). The van der Waals surface area contributed by atoms with Gasteiger partial charge in [-0.05, 0) is 48.1 Å². The average Bonchev–Trinajstić information content (AvgIpc) is 2.27. The minimum absolute atomic E-state index is 0.779. The maximum atomic E-state index is 5.16. The van der Waals surface area contributed by atoms with E-state index in [-0.39, 0.29) is 0 Å². The Balaban J connectivity index is 2.00. The molecule has 0 unspecified atom stereocenters. The van der Waals surface area contributed by atoms with Crippen molar-refractivity contribution in [3.8, 4) is 11.3 Å². The number of aromatic nitrogens is 1. The predicted octanol–water partition coefficient (Wildman–Crippen LogP) is 4.68. The lowest BCUT2D eigenvalue weighted by molar-refractivity contribution is 0.420. The molecule has 1 fully saturated rings. The summed E-state index contributed by atoms with van der Waals surface area (Å²) in [7, 11) is 0. The third-order valence-electron chi connectivity index (χ3n) is 3.54. The van der Waals surface area contributed by atoms with E-state index in [0.717, 1.165) is 16.3 Å². The summed E-state index contributed by atoms with van der Waals surface area (Å²) < 4.78 is 0.788. The third-order valence-corrected chi connectivity index (χ3v) is 3.78. The molecule has 0 saturated heterocycles. The molecule has 1 aliphatic carbocycles. The Kier molecular flexibility index (Phi) is 2.81. The fraction of sp³-hybridized carbons (Fsp3) is 0.267. The van der Waals surface area contributed by atoms with Crippen LogP contribution >= 0.6 is 12.2 Å². The monoisotopic (exact) mass is 241 g/mol. The Hall–Kier alpha value is -1.41. The second-order valence-electron chi connectivity index (χ2n) is 4.68. The van der Waals surface area contributed by atoms with Gasteiger partial charge in [0.05, 0.1) is 0 Å². The Labute approximate surface area is 107 Å². The van der Waals surface area contributed by atoms with E-state index in [1.807, 2.05) is 12.1 Å². The molecule has 1 aliphatic rings. The van der Waals surface area contributed by atoms with E-state index in [2.05, 4.69) is 35.3 Å². The molecule has 1 aromatic carbocycles. The molecular weight excluding hydrogens is 226 g/mol. The van der Waals surface area contributed by atoms with Crippen molar-refractivity contribution in [1.82, 2.24) is 4.98 Å². The van der Waals surface area contributed by atoms with Crippen LogP contribution in [0.5, 0.6) is 0 Å². The van der Waals surface area contributed by atoms with Crippen molar-refractivity contribution < 1.29 is 0 Å². The molecule has 0 spiro atoms. The van der Waals surface area contributed by atoms with Crippen molar-refractivity contribution >= 4 is 12.2 Å². The molecule has 1 N–H and O–H groups in total. The fourth-order valence-corrected chi connectivity index (χ4v) is 2.51. The van der Waals surface area contributed by atoms with E-state index in [0.29, 0.717) is 0 Å². The summed E-state index contributed by atoms with van der Waals surface area (Å²) in [6, 6.07) is 14.8. The lowest BCUT2D eigenvalue weighted by atomic mass is 9.79. The van der Waals surface area contributed by atoms with Crippen LogP contribution in [0.15, 0.2) is 42.5 Å². The number of benzene rings is 1. The van der Waals surface area contributed by atoms with Crippen LogP contribution in [0, 0.1) is 4.64 Å². The van der Waals surface area contributed by atoms with Gasteiger partial charge in [0.15, 0.2) is 0 Å². The van der Waals surface area contributed by atoms with Crippen LogP contribution in [-0.2, 0) is 0 Å². The molecule has 0 bridgehead atoms. The Morgan fingerprint density at radius 3 is 2.59 bits per heavy atom. The summed E-state index contributed by atoms with van der Waals surface area (Å²) in [5, 5.41) is 0. The smallest absolute Gasteiger partial charge is 0.103 e. The lowest BCUT2D eigenvalue weighted by Crippen LogP contribution is -2.08. The van der Waals surface area contributed by atoms with Crippen molar-refractivity contribution in [3.05, 3.63) is 52.7 Å². The first-order valence-corrected chi connectivity index (χ1v) is 6.53. The van der Waals surface area contributed by atoms with Gasteiger partial charge in [-0.1, -0.05) is 42.9 Å². The Morgan fingerprint density at radius 2 is 1.88 bits per heavy atom. The molecule has 0 radical (unpaired) electrons. The van der Waals surface area contributed by atoms with Crippen LogP contribution in [0.4, 0.5) is 0 Å². The van der Waals surface area contributed by atoms with Crippen LogP contribution in [0.1, 0.15) is 30.7 Å². The van der Waals surface area contributed by atoms with Gasteiger partial charge in [0.2, 0.25) is 0 Å². The zero-order chi connectivity index (χ0) is 11.7. The molecule has 0 atom stereocenters. The molecule has 2 heteroatoms. The van der Waals surface area contributed by atoms with Gasteiger partial charge < -0.3 is 4.98 Å². The predicted molar refractivity (Wildman–Crippen MR) is 73.7 cm³/mol. The van der Waals surface area contributed by atoms with E-state index in [1.165, 1.54) is 30.4 Å². The molecule has 0 amide bonds.